The fraction of sp³-hybridized carbons (Fsp3) is 0.155. The molecule has 0 aliphatic rings. The third-order valence-corrected chi connectivity index (χ3v) is 27.2. The number of aryl methyl sites for hydroxylation is 10. The zero-order valence-electron chi connectivity index (χ0n) is 75.9. The van der Waals surface area contributed by atoms with Gasteiger partial charge in [-0.2, -0.15) is 0 Å². The lowest BCUT2D eigenvalue weighted by Gasteiger charge is -2.21. The van der Waals surface area contributed by atoms with Crippen molar-refractivity contribution in [1.82, 2.24) is 59.0 Å². The fourth-order valence-electron chi connectivity index (χ4n) is 18.9. The van der Waals surface area contributed by atoms with Gasteiger partial charge in [0.05, 0.1) is 56.2 Å². The molecule has 0 unspecified atom stereocenters. The first kappa shape index (κ1) is 82.5. The Labute approximate surface area is 749 Å². The van der Waals surface area contributed by atoms with Crippen LogP contribution in [0.25, 0.3) is 191 Å². The maximum absolute atomic E-state index is 5.41. The van der Waals surface area contributed by atoms with Gasteiger partial charge in [-0.3, -0.25) is 0 Å². The summed E-state index contributed by atoms with van der Waals surface area (Å²) >= 11 is 0. The predicted molar refractivity (Wildman–Crippen MR) is 530 cm³/mol. The summed E-state index contributed by atoms with van der Waals surface area (Å²) in [6.07, 6.45) is 0. The molecule has 6 aromatic heterocycles. The van der Waals surface area contributed by atoms with Gasteiger partial charge in [0.25, 0.3) is 0 Å². The van der Waals surface area contributed by atoms with Gasteiger partial charge >= 0.3 is 0 Å². The second kappa shape index (κ2) is 33.4. The van der Waals surface area contributed by atoms with Crippen LogP contribution in [0.2, 0.25) is 0 Å². The van der Waals surface area contributed by atoms with Gasteiger partial charge in [-0.15, -0.1) is 0 Å². The summed E-state index contributed by atoms with van der Waals surface area (Å²) in [5.41, 5.74) is 44.4. The highest BCUT2D eigenvalue weighted by Gasteiger charge is 2.32. The van der Waals surface area contributed by atoms with E-state index in [0.717, 1.165) is 112 Å². The molecule has 0 saturated heterocycles. The Balaban J connectivity index is 0.000000167. The zero-order chi connectivity index (χ0) is 88.8. The lowest BCUT2D eigenvalue weighted by Crippen LogP contribution is -2.08. The van der Waals surface area contributed by atoms with Crippen LogP contribution in [-0.2, 0) is 0 Å². The maximum atomic E-state index is 5.41. The number of hydrogen-bond acceptors (Lipinski definition) is 10. The summed E-state index contributed by atoms with van der Waals surface area (Å²) in [6.45, 7) is 40.9. The number of aromatic nitrogens is 12. The quantitative estimate of drug-likeness (QED) is 0.103. The number of fused-ring (bicyclic) bond motifs is 6. The largest absolute Gasteiger partial charge is 0.308 e. The molecule has 0 atom stereocenters. The molecule has 0 saturated carbocycles. The van der Waals surface area contributed by atoms with E-state index in [-0.39, 0.29) is 0 Å². The van der Waals surface area contributed by atoms with Crippen molar-refractivity contribution in [2.24, 2.45) is 0 Å². The van der Waals surface area contributed by atoms with Crippen LogP contribution >= 0.6 is 0 Å². The van der Waals surface area contributed by atoms with E-state index in [1.165, 1.54) is 133 Å². The summed E-state index contributed by atoms with van der Waals surface area (Å²) in [7, 11) is 0. The molecule has 128 heavy (non-hydrogen) atoms. The first-order chi connectivity index (χ1) is 62.0. The minimum absolute atomic E-state index is 0.580. The number of benzene rings is 14. The van der Waals surface area contributed by atoms with Crippen molar-refractivity contribution in [2.45, 2.75) is 125 Å². The number of rotatable bonds is 14. The second-order valence-corrected chi connectivity index (χ2v) is 34.4. The van der Waals surface area contributed by atoms with Gasteiger partial charge in [-0.05, 0) is 261 Å². The minimum atomic E-state index is 0.580. The molecule has 12 nitrogen and oxygen atoms in total. The molecule has 0 bridgehead atoms. The molecule has 12 heteroatoms. The van der Waals surface area contributed by atoms with E-state index in [1.807, 2.05) is 121 Å². The molecule has 0 spiro atoms. The first-order valence-corrected chi connectivity index (χ1v) is 44.1. The molecule has 14 aromatic carbocycles. The Morgan fingerprint density at radius 3 is 0.719 bits per heavy atom. The highest BCUT2D eigenvalue weighted by molar-refractivity contribution is 6.18. The normalized spacial score (nSPS) is 11.5. The summed E-state index contributed by atoms with van der Waals surface area (Å²) < 4.78 is 5.07. The van der Waals surface area contributed by atoms with Crippen LogP contribution in [0.15, 0.2) is 279 Å². The second-order valence-electron chi connectivity index (χ2n) is 34.4. The van der Waals surface area contributed by atoms with Crippen molar-refractivity contribution in [3.8, 4) is 148 Å². The van der Waals surface area contributed by atoms with Crippen molar-refractivity contribution < 1.29 is 0 Å². The SMILES string of the molecule is Cc1cc(-c2cc(-c3ccccc3)nc(-c3ccccc3)n2)cc(-c2nc(-c3ccccc3)nc(-c3ccccc3)n2)c1-n1c2c(C)c(C)c(C)c(C)c2c2c(C)c(C)c(C)c(C)c21.Cc1cc(-n2c3c(C)c(C)c(C)c(C)c3c3c(C)c(C)c(C)c(C)c32)c(-c2nc(-c3ccccc3)nc(-c3ccccc3)n2)cc1-c1cc(-c2ccccc2)nc(-c2ccccc2)n1. The Morgan fingerprint density at radius 2 is 0.406 bits per heavy atom. The van der Waals surface area contributed by atoms with E-state index in [9.17, 15) is 0 Å². The smallest absolute Gasteiger partial charge is 0.166 e. The number of hydrogen-bond donors (Lipinski definition) is 0. The van der Waals surface area contributed by atoms with E-state index in [1.54, 1.807) is 0 Å². The lowest BCUT2D eigenvalue weighted by atomic mass is 9.90. The van der Waals surface area contributed by atoms with E-state index in [4.69, 9.17) is 49.8 Å². The van der Waals surface area contributed by atoms with Gasteiger partial charge in [0.2, 0.25) is 0 Å². The van der Waals surface area contributed by atoms with Crippen LogP contribution in [0, 0.1) is 125 Å². The predicted octanol–water partition coefficient (Wildman–Crippen LogP) is 29.1. The van der Waals surface area contributed by atoms with E-state index in [2.05, 4.69) is 291 Å². The lowest BCUT2D eigenvalue weighted by molar-refractivity contribution is 1.05. The Kier molecular flexibility index (Phi) is 21.5. The molecule has 6 heterocycles. The molecule has 624 valence electrons. The van der Waals surface area contributed by atoms with Gasteiger partial charge < -0.3 is 9.13 Å². The van der Waals surface area contributed by atoms with E-state index in [0.29, 0.717) is 46.6 Å². The molecule has 0 radical (unpaired) electrons. The Bertz CT molecular complexity index is 7430. The van der Waals surface area contributed by atoms with Crippen LogP contribution in [0.4, 0.5) is 0 Å². The summed E-state index contributed by atoms with van der Waals surface area (Å²) in [4.78, 5) is 52.8. The van der Waals surface area contributed by atoms with Crippen molar-refractivity contribution in [2.75, 3.05) is 0 Å². The average Bonchev–Trinajstić information content (AvgIpc) is 1.54. The molecular formula is C116H100N12. The summed E-state index contributed by atoms with van der Waals surface area (Å²) in [5, 5.41) is 5.20. The number of nitrogens with zero attached hydrogens (tertiary/aromatic N) is 12. The van der Waals surface area contributed by atoms with E-state index < -0.39 is 0 Å². The van der Waals surface area contributed by atoms with Crippen molar-refractivity contribution in [3.05, 3.63) is 379 Å². The fourth-order valence-corrected chi connectivity index (χ4v) is 18.9. The third kappa shape index (κ3) is 14.4. The molecular weight excluding hydrogens is 1560 g/mol. The average molecular weight is 1660 g/mol. The topological polar surface area (TPSA) is 139 Å². The molecule has 20 aromatic rings. The van der Waals surface area contributed by atoms with Crippen LogP contribution in [0.5, 0.6) is 0 Å². The Morgan fingerprint density at radius 1 is 0.164 bits per heavy atom. The highest BCUT2D eigenvalue weighted by atomic mass is 15.1. The van der Waals surface area contributed by atoms with Gasteiger partial charge in [0, 0.05) is 88.3 Å². The van der Waals surface area contributed by atoms with Crippen LogP contribution in [-0.4, -0.2) is 59.0 Å². The van der Waals surface area contributed by atoms with Crippen molar-refractivity contribution in [3.63, 3.8) is 0 Å². The first-order valence-electron chi connectivity index (χ1n) is 44.1. The van der Waals surface area contributed by atoms with Gasteiger partial charge in [-0.25, -0.2) is 49.8 Å². The van der Waals surface area contributed by atoms with Gasteiger partial charge in [-0.1, -0.05) is 243 Å². The maximum Gasteiger partial charge on any atom is 0.166 e. The molecule has 0 fully saturated rings. The molecule has 0 N–H and O–H groups in total. The van der Waals surface area contributed by atoms with Gasteiger partial charge in [0.15, 0.2) is 46.6 Å². The molecule has 20 rings (SSSR count). The minimum Gasteiger partial charge on any atom is -0.308 e. The summed E-state index contributed by atoms with van der Waals surface area (Å²) in [6, 6.07) is 95.4. The molecule has 0 aliphatic carbocycles. The molecule has 0 amide bonds. The van der Waals surface area contributed by atoms with Crippen LogP contribution < -0.4 is 0 Å². The highest BCUT2D eigenvalue weighted by Crippen LogP contribution is 2.50. The molecule has 0 aliphatic heterocycles. The van der Waals surface area contributed by atoms with E-state index >= 15 is 0 Å². The van der Waals surface area contributed by atoms with Crippen LogP contribution in [0.1, 0.15) is 100 Å². The van der Waals surface area contributed by atoms with Crippen molar-refractivity contribution >= 4 is 43.6 Å². The summed E-state index contributed by atoms with van der Waals surface area (Å²) in [5.74, 6) is 4.92. The van der Waals surface area contributed by atoms with Crippen LogP contribution in [0.3, 0.4) is 0 Å². The van der Waals surface area contributed by atoms with Crippen molar-refractivity contribution in [1.29, 1.82) is 0 Å². The third-order valence-electron chi connectivity index (χ3n) is 27.2. The zero-order valence-corrected chi connectivity index (χ0v) is 75.9. The van der Waals surface area contributed by atoms with Gasteiger partial charge in [0.1, 0.15) is 0 Å². The monoisotopic (exact) mass is 1660 g/mol. The Hall–Kier alpha value is -15.1. The standard InChI is InChI=1S/2C58H50N6/c1-33-30-50(64-53-40(8)36(4)34(2)38(6)51(53)52-39(7)35(3)37(5)41(9)54(52)64)47(58-62-56(44-26-18-12-19-27-44)61-57(63-58)45-28-20-13-21-29-45)31-46(33)49-32-48(42-22-14-10-15-23-42)59-55(60-49)43-24-16-11-17-25-43;1-33-30-46(49-32-48(42-22-14-10-15-23-42)59-55(60-49)43-24-16-11-17-25-43)31-47(58-62-56(44-26-18-12-19-27-44)61-57(63-58)45-28-20-13-21-29-45)52(33)64-53-40(8)36(4)34(2)38(6)50(53)51-39(7)35(3)37(5)41(9)54(51)64/h2*10-32H,1-9H3.